The van der Waals surface area contributed by atoms with Crippen molar-refractivity contribution >= 4 is 33.8 Å². The van der Waals surface area contributed by atoms with Crippen LogP contribution in [0.4, 0.5) is 0 Å². The van der Waals surface area contributed by atoms with Crippen LogP contribution in [0, 0.1) is 5.92 Å². The van der Waals surface area contributed by atoms with Crippen LogP contribution in [0.25, 0.3) is 0 Å². The Morgan fingerprint density at radius 1 is 1.47 bits per heavy atom. The number of carboxylic acids is 2. The van der Waals surface area contributed by atoms with Crippen LogP contribution in [0.1, 0.15) is 19.3 Å². The van der Waals surface area contributed by atoms with E-state index in [1.165, 1.54) is 4.90 Å². The Morgan fingerprint density at radius 3 is 2.53 bits per heavy atom. The maximum atomic E-state index is 11.6. The van der Waals surface area contributed by atoms with Gasteiger partial charge < -0.3 is 15.1 Å². The van der Waals surface area contributed by atoms with Crippen molar-refractivity contribution in [3.05, 3.63) is 0 Å². The van der Waals surface area contributed by atoms with E-state index in [0.717, 1.165) is 0 Å². The van der Waals surface area contributed by atoms with Gasteiger partial charge in [-0.05, 0) is 12.3 Å². The molecule has 0 bridgehead atoms. The molecule has 1 fully saturated rings. The molecule has 0 saturated carbocycles. The first-order valence-electron chi connectivity index (χ1n) is 5.25. The third-order valence-electron chi connectivity index (χ3n) is 2.75. The van der Waals surface area contributed by atoms with Gasteiger partial charge in [0.15, 0.2) is 0 Å². The number of hydrogen-bond donors (Lipinski definition) is 2. The number of carbonyl (C=O) groups excluding carboxylic acids is 1. The Balaban J connectivity index is 2.67. The molecule has 0 aromatic heterocycles. The number of likely N-dealkylation sites (tertiary alicyclic amines) is 1. The summed E-state index contributed by atoms with van der Waals surface area (Å²) in [6.45, 7) is 0.376. The second-order valence-electron chi connectivity index (χ2n) is 4.06. The lowest BCUT2D eigenvalue weighted by molar-refractivity contribution is -0.149. The molecule has 1 rings (SSSR count). The van der Waals surface area contributed by atoms with Crippen LogP contribution in [0.5, 0.6) is 0 Å². The fourth-order valence-corrected chi connectivity index (χ4v) is 2.32. The van der Waals surface area contributed by atoms with Crippen molar-refractivity contribution in [3.63, 3.8) is 0 Å². The Morgan fingerprint density at radius 2 is 2.12 bits per heavy atom. The molecule has 1 saturated heterocycles. The first-order valence-corrected chi connectivity index (χ1v) is 6.38. The summed E-state index contributed by atoms with van der Waals surface area (Å²) in [5.41, 5.74) is 0. The van der Waals surface area contributed by atoms with Gasteiger partial charge in [-0.3, -0.25) is 9.59 Å². The summed E-state index contributed by atoms with van der Waals surface area (Å²) in [6.07, 6.45) is 0.0211. The van der Waals surface area contributed by atoms with Gasteiger partial charge >= 0.3 is 11.9 Å². The summed E-state index contributed by atoms with van der Waals surface area (Å²) in [6, 6.07) is -1.03. The monoisotopic (exact) mass is 307 g/mol. The number of rotatable bonds is 6. The maximum Gasteiger partial charge on any atom is 0.326 e. The van der Waals surface area contributed by atoms with Gasteiger partial charge in [-0.25, -0.2) is 4.79 Å². The second kappa shape index (κ2) is 6.00. The van der Waals surface area contributed by atoms with Crippen LogP contribution in [0.3, 0.4) is 0 Å². The van der Waals surface area contributed by atoms with E-state index >= 15 is 0 Å². The van der Waals surface area contributed by atoms with Gasteiger partial charge in [-0.1, -0.05) is 15.9 Å². The summed E-state index contributed by atoms with van der Waals surface area (Å²) in [5.74, 6) is -2.31. The highest BCUT2D eigenvalue weighted by atomic mass is 79.9. The van der Waals surface area contributed by atoms with E-state index in [1.54, 1.807) is 0 Å². The zero-order valence-electron chi connectivity index (χ0n) is 9.13. The number of amides is 1. The van der Waals surface area contributed by atoms with Crippen molar-refractivity contribution in [3.8, 4) is 0 Å². The summed E-state index contributed by atoms with van der Waals surface area (Å²) < 4.78 is 0. The van der Waals surface area contributed by atoms with E-state index in [2.05, 4.69) is 15.9 Å². The number of hydrogen-bond acceptors (Lipinski definition) is 3. The van der Waals surface area contributed by atoms with Gasteiger partial charge in [-0.2, -0.15) is 0 Å². The fraction of sp³-hybridized carbons (Fsp3) is 0.700. The topological polar surface area (TPSA) is 94.9 Å². The number of aliphatic carboxylic acids is 2. The molecule has 1 amide bonds. The van der Waals surface area contributed by atoms with Gasteiger partial charge in [0.2, 0.25) is 5.91 Å². The van der Waals surface area contributed by atoms with Gasteiger partial charge in [0, 0.05) is 24.7 Å². The van der Waals surface area contributed by atoms with Crippen LogP contribution < -0.4 is 0 Å². The molecule has 1 heterocycles. The number of carboxylic acid groups (broad SMARTS) is 2. The first-order chi connectivity index (χ1) is 7.95. The molecular formula is C10H14BrNO5. The van der Waals surface area contributed by atoms with Crippen molar-refractivity contribution < 1.29 is 24.6 Å². The Hall–Kier alpha value is -1.11. The van der Waals surface area contributed by atoms with Crippen LogP contribution in [-0.2, 0) is 14.4 Å². The molecule has 0 radical (unpaired) electrons. The predicted molar refractivity (Wildman–Crippen MR) is 61.9 cm³/mol. The van der Waals surface area contributed by atoms with Crippen LogP contribution in [0.15, 0.2) is 0 Å². The zero-order chi connectivity index (χ0) is 13.0. The zero-order valence-corrected chi connectivity index (χ0v) is 10.7. The van der Waals surface area contributed by atoms with Crippen molar-refractivity contribution in [1.29, 1.82) is 0 Å². The molecule has 1 aliphatic heterocycles. The van der Waals surface area contributed by atoms with Crippen LogP contribution in [-0.4, -0.2) is 50.9 Å². The quantitative estimate of drug-likeness (QED) is 0.699. The lowest BCUT2D eigenvalue weighted by Crippen LogP contribution is -2.42. The number of halogens is 1. The summed E-state index contributed by atoms with van der Waals surface area (Å²) in [7, 11) is 0. The minimum absolute atomic E-state index is 0.0502. The minimum atomic E-state index is -1.14. The van der Waals surface area contributed by atoms with Crippen molar-refractivity contribution in [2.75, 3.05) is 11.9 Å². The predicted octanol–water partition coefficient (Wildman–Crippen LogP) is 0.548. The number of carbonyl (C=O) groups is 3. The summed E-state index contributed by atoms with van der Waals surface area (Å²) in [5, 5.41) is 18.2. The molecule has 1 aliphatic rings. The summed E-state index contributed by atoms with van der Waals surface area (Å²) >= 11 is 3.26. The average Bonchev–Trinajstić information content (AvgIpc) is 2.59. The van der Waals surface area contributed by atoms with Gasteiger partial charge in [0.05, 0.1) is 0 Å². The highest BCUT2D eigenvalue weighted by Gasteiger charge is 2.37. The van der Waals surface area contributed by atoms with Crippen molar-refractivity contribution in [2.45, 2.75) is 25.3 Å². The molecular weight excluding hydrogens is 294 g/mol. The minimum Gasteiger partial charge on any atom is -0.481 e. The van der Waals surface area contributed by atoms with Crippen molar-refractivity contribution in [2.24, 2.45) is 5.92 Å². The molecule has 0 aromatic rings. The highest BCUT2D eigenvalue weighted by molar-refractivity contribution is 9.09. The molecule has 6 nitrogen and oxygen atoms in total. The molecule has 2 N–H and O–H groups in total. The summed E-state index contributed by atoms with van der Waals surface area (Å²) in [4.78, 5) is 34.4. The third-order valence-corrected chi connectivity index (χ3v) is 3.67. The highest BCUT2D eigenvalue weighted by Crippen LogP contribution is 2.23. The lowest BCUT2D eigenvalue weighted by Gasteiger charge is -2.24. The number of nitrogens with zero attached hydrogens (tertiary/aromatic N) is 1. The fourth-order valence-electron chi connectivity index (χ4n) is 1.89. The van der Waals surface area contributed by atoms with E-state index in [-0.39, 0.29) is 24.7 Å². The Kier molecular flexibility index (Phi) is 4.92. The molecule has 96 valence electrons. The maximum absolute atomic E-state index is 11.6. The normalized spacial score (nSPS) is 21.6. The molecule has 2 atom stereocenters. The first kappa shape index (κ1) is 14.0. The van der Waals surface area contributed by atoms with Gasteiger partial charge in [-0.15, -0.1) is 0 Å². The molecule has 7 heteroatoms. The van der Waals surface area contributed by atoms with E-state index in [9.17, 15) is 14.4 Å². The largest absolute Gasteiger partial charge is 0.481 e. The molecule has 0 spiro atoms. The lowest BCUT2D eigenvalue weighted by atomic mass is 10.1. The van der Waals surface area contributed by atoms with E-state index in [1.807, 2.05) is 0 Å². The Labute approximate surface area is 107 Å². The second-order valence-corrected chi connectivity index (χ2v) is 4.70. The Bertz CT molecular complexity index is 333. The standard InChI is InChI=1S/C10H14BrNO5/c11-4-6-3-8(13)12(5-6)7(10(16)17)1-2-9(14)15/h6-7H,1-5H2,(H,14,15)(H,16,17)/t6?,7-/m0/s1. The van der Waals surface area contributed by atoms with Gasteiger partial charge in [0.1, 0.15) is 6.04 Å². The number of alkyl halides is 1. The molecule has 1 unspecified atom stereocenters. The SMILES string of the molecule is O=C(O)CC[C@@H](C(=O)O)N1CC(CBr)CC1=O. The van der Waals surface area contributed by atoms with E-state index in [0.29, 0.717) is 18.3 Å². The van der Waals surface area contributed by atoms with Crippen molar-refractivity contribution in [1.82, 2.24) is 4.90 Å². The third kappa shape index (κ3) is 3.69. The molecule has 0 aliphatic carbocycles. The average molecular weight is 308 g/mol. The van der Waals surface area contributed by atoms with E-state index < -0.39 is 18.0 Å². The van der Waals surface area contributed by atoms with Gasteiger partial charge in [0.25, 0.3) is 0 Å². The van der Waals surface area contributed by atoms with Crippen LogP contribution in [0.2, 0.25) is 0 Å². The molecule has 17 heavy (non-hydrogen) atoms. The smallest absolute Gasteiger partial charge is 0.326 e. The molecule has 0 aromatic carbocycles. The van der Waals surface area contributed by atoms with E-state index in [4.69, 9.17) is 10.2 Å². The van der Waals surface area contributed by atoms with Crippen LogP contribution >= 0.6 is 15.9 Å².